The van der Waals surface area contributed by atoms with Crippen molar-refractivity contribution < 1.29 is 17.6 Å². The summed E-state index contributed by atoms with van der Waals surface area (Å²) in [6, 6.07) is 4.09. The van der Waals surface area contributed by atoms with Crippen molar-refractivity contribution in [1.29, 1.82) is 0 Å². The van der Waals surface area contributed by atoms with Crippen molar-refractivity contribution in [3.63, 3.8) is 0 Å². The molecule has 2 aromatic rings. The molecule has 0 N–H and O–H groups in total. The van der Waals surface area contributed by atoms with Crippen molar-refractivity contribution in [2.24, 2.45) is 11.8 Å². The smallest absolute Gasteiger partial charge is 0.137 e. The number of unbranched alkanes of at least 4 members (excludes halogenated alkanes) is 1. The first kappa shape index (κ1) is 20.2. The minimum absolute atomic E-state index is 0.0906. The van der Waals surface area contributed by atoms with Gasteiger partial charge < -0.3 is 0 Å². The van der Waals surface area contributed by atoms with Crippen molar-refractivity contribution in [2.45, 2.75) is 57.8 Å². The Morgan fingerprint density at radius 1 is 0.966 bits per heavy atom. The zero-order valence-corrected chi connectivity index (χ0v) is 16.7. The average Bonchev–Trinajstić information content (AvgIpc) is 2.67. The maximum absolute atomic E-state index is 15.3. The summed E-state index contributed by atoms with van der Waals surface area (Å²) < 4.78 is 57.4. The van der Waals surface area contributed by atoms with Gasteiger partial charge in [0.05, 0.1) is 5.56 Å². The number of halogens is 4. The summed E-state index contributed by atoms with van der Waals surface area (Å²) in [5, 5.41) is 0. The molecule has 0 saturated heterocycles. The van der Waals surface area contributed by atoms with Gasteiger partial charge in [-0.15, -0.1) is 0 Å². The molecule has 0 bridgehead atoms. The lowest BCUT2D eigenvalue weighted by Gasteiger charge is -2.40. The summed E-state index contributed by atoms with van der Waals surface area (Å²) in [5.41, 5.74) is 0.865. The first-order valence-corrected chi connectivity index (χ1v) is 10.6. The van der Waals surface area contributed by atoms with Crippen molar-refractivity contribution >= 4 is 0 Å². The van der Waals surface area contributed by atoms with Crippen LogP contribution in [-0.4, -0.2) is 0 Å². The lowest BCUT2D eigenvalue weighted by atomic mass is 9.65. The van der Waals surface area contributed by atoms with Crippen LogP contribution in [0.25, 0.3) is 11.1 Å². The standard InChI is InChI=1S/C25H26F4/c1-2-3-4-5-15-6-8-20-16(10-15)7-9-21-22(20)14-23(28)24(25(21)29)17-11-18(26)13-19(27)12-17/h4-5,11-16,20H,2-3,6-10H2,1H3/b5-4+. The molecule has 1 saturated carbocycles. The summed E-state index contributed by atoms with van der Waals surface area (Å²) in [6.45, 7) is 2.16. The first-order chi connectivity index (χ1) is 14.0. The number of fused-ring (bicyclic) bond motifs is 3. The molecular formula is C25H26F4. The summed E-state index contributed by atoms with van der Waals surface area (Å²) in [4.78, 5) is 0. The molecule has 4 heteroatoms. The zero-order chi connectivity index (χ0) is 20.5. The Kier molecular flexibility index (Phi) is 5.80. The average molecular weight is 402 g/mol. The van der Waals surface area contributed by atoms with Gasteiger partial charge in [-0.2, -0.15) is 0 Å². The van der Waals surface area contributed by atoms with E-state index in [0.29, 0.717) is 29.9 Å². The van der Waals surface area contributed by atoms with Crippen LogP contribution in [0.5, 0.6) is 0 Å². The SMILES string of the molecule is CCC/C=C/C1CCC2c3cc(F)c(-c4cc(F)cc(F)c4)c(F)c3CCC2C1. The molecule has 0 nitrogen and oxygen atoms in total. The zero-order valence-electron chi connectivity index (χ0n) is 16.7. The third-order valence-corrected chi connectivity index (χ3v) is 6.56. The Balaban J connectivity index is 1.65. The Morgan fingerprint density at radius 2 is 1.72 bits per heavy atom. The normalized spacial score (nSPS) is 23.8. The third-order valence-electron chi connectivity index (χ3n) is 6.56. The van der Waals surface area contributed by atoms with Crippen LogP contribution < -0.4 is 0 Å². The van der Waals surface area contributed by atoms with Crippen LogP contribution in [-0.2, 0) is 6.42 Å². The molecule has 0 amide bonds. The number of benzene rings is 2. The first-order valence-electron chi connectivity index (χ1n) is 10.6. The fourth-order valence-corrected chi connectivity index (χ4v) is 5.21. The molecule has 154 valence electrons. The van der Waals surface area contributed by atoms with Crippen LogP contribution in [0.3, 0.4) is 0 Å². The number of hydrogen-bond donors (Lipinski definition) is 0. The molecule has 0 spiro atoms. The van der Waals surface area contributed by atoms with Crippen LogP contribution in [0, 0.1) is 35.1 Å². The lowest BCUT2D eigenvalue weighted by molar-refractivity contribution is 0.234. The predicted molar refractivity (Wildman–Crippen MR) is 108 cm³/mol. The molecule has 2 aromatic carbocycles. The van der Waals surface area contributed by atoms with Gasteiger partial charge in [0.2, 0.25) is 0 Å². The van der Waals surface area contributed by atoms with E-state index >= 15 is 4.39 Å². The van der Waals surface area contributed by atoms with E-state index in [0.717, 1.165) is 56.2 Å². The minimum atomic E-state index is -0.842. The van der Waals surface area contributed by atoms with E-state index in [1.165, 1.54) is 6.07 Å². The molecule has 0 aliphatic heterocycles. The highest BCUT2D eigenvalue weighted by molar-refractivity contribution is 5.67. The second-order valence-electron chi connectivity index (χ2n) is 8.47. The molecule has 0 heterocycles. The molecular weight excluding hydrogens is 376 g/mol. The van der Waals surface area contributed by atoms with E-state index < -0.39 is 23.3 Å². The predicted octanol–water partition coefficient (Wildman–Crippen LogP) is 7.71. The Morgan fingerprint density at radius 3 is 2.45 bits per heavy atom. The fourth-order valence-electron chi connectivity index (χ4n) is 5.21. The van der Waals surface area contributed by atoms with Gasteiger partial charge in [-0.05, 0) is 91.2 Å². The highest BCUT2D eigenvalue weighted by Gasteiger charge is 2.37. The summed E-state index contributed by atoms with van der Waals surface area (Å²) in [7, 11) is 0. The quantitative estimate of drug-likeness (QED) is 0.363. The monoisotopic (exact) mass is 402 g/mol. The van der Waals surface area contributed by atoms with Crippen molar-refractivity contribution in [3.05, 3.63) is 70.8 Å². The summed E-state index contributed by atoms with van der Waals surface area (Å²) in [6.07, 6.45) is 11.2. The van der Waals surface area contributed by atoms with E-state index in [2.05, 4.69) is 19.1 Å². The Labute approximate surface area is 169 Å². The molecule has 1 fully saturated rings. The van der Waals surface area contributed by atoms with Gasteiger partial charge in [-0.3, -0.25) is 0 Å². The third kappa shape index (κ3) is 3.99. The van der Waals surface area contributed by atoms with Crippen LogP contribution in [0.4, 0.5) is 17.6 Å². The van der Waals surface area contributed by atoms with Crippen LogP contribution in [0.2, 0.25) is 0 Å². The molecule has 2 aliphatic carbocycles. The summed E-state index contributed by atoms with van der Waals surface area (Å²) in [5.74, 6) is -1.93. The van der Waals surface area contributed by atoms with E-state index in [9.17, 15) is 13.2 Å². The molecule has 0 radical (unpaired) electrons. The van der Waals surface area contributed by atoms with Crippen LogP contribution in [0.1, 0.15) is 62.5 Å². The number of allylic oxidation sites excluding steroid dienone is 2. The van der Waals surface area contributed by atoms with E-state index in [1.54, 1.807) is 0 Å². The second-order valence-corrected chi connectivity index (χ2v) is 8.47. The van der Waals surface area contributed by atoms with Crippen molar-refractivity contribution in [3.8, 4) is 11.1 Å². The fraction of sp³-hybridized carbons (Fsp3) is 0.440. The highest BCUT2D eigenvalue weighted by Crippen LogP contribution is 2.49. The number of rotatable bonds is 4. The van der Waals surface area contributed by atoms with Gasteiger partial charge in [-0.1, -0.05) is 25.5 Å². The van der Waals surface area contributed by atoms with Gasteiger partial charge in [-0.25, -0.2) is 17.6 Å². The van der Waals surface area contributed by atoms with Gasteiger partial charge in [0.1, 0.15) is 23.3 Å². The van der Waals surface area contributed by atoms with E-state index in [1.807, 2.05) is 0 Å². The van der Waals surface area contributed by atoms with Crippen LogP contribution >= 0.6 is 0 Å². The molecule has 4 rings (SSSR count). The van der Waals surface area contributed by atoms with E-state index in [-0.39, 0.29) is 17.0 Å². The Bertz CT molecular complexity index is 911. The van der Waals surface area contributed by atoms with Gasteiger partial charge in [0, 0.05) is 6.07 Å². The molecule has 3 atom stereocenters. The van der Waals surface area contributed by atoms with E-state index in [4.69, 9.17) is 0 Å². The lowest BCUT2D eigenvalue weighted by Crippen LogP contribution is -2.28. The molecule has 29 heavy (non-hydrogen) atoms. The number of hydrogen-bond acceptors (Lipinski definition) is 0. The molecule has 0 aromatic heterocycles. The van der Waals surface area contributed by atoms with Crippen LogP contribution in [0.15, 0.2) is 36.4 Å². The van der Waals surface area contributed by atoms with Gasteiger partial charge in [0.25, 0.3) is 0 Å². The maximum atomic E-state index is 15.3. The van der Waals surface area contributed by atoms with Crippen molar-refractivity contribution in [1.82, 2.24) is 0 Å². The van der Waals surface area contributed by atoms with Gasteiger partial charge in [0.15, 0.2) is 0 Å². The van der Waals surface area contributed by atoms with Gasteiger partial charge >= 0.3 is 0 Å². The Hall–Kier alpha value is -2.10. The summed E-state index contributed by atoms with van der Waals surface area (Å²) >= 11 is 0. The largest absolute Gasteiger partial charge is 0.207 e. The molecule has 3 unspecified atom stereocenters. The molecule has 2 aliphatic rings. The van der Waals surface area contributed by atoms with Crippen molar-refractivity contribution in [2.75, 3.05) is 0 Å². The highest BCUT2D eigenvalue weighted by atomic mass is 19.1. The minimum Gasteiger partial charge on any atom is -0.207 e. The topological polar surface area (TPSA) is 0 Å². The second kappa shape index (κ2) is 8.33. The maximum Gasteiger partial charge on any atom is 0.137 e.